The number of aryl methyl sites for hydroxylation is 2. The van der Waals surface area contributed by atoms with E-state index in [4.69, 9.17) is 5.90 Å². The zero-order chi connectivity index (χ0) is 14.3. The van der Waals surface area contributed by atoms with Crippen molar-refractivity contribution in [3.05, 3.63) is 29.3 Å². The van der Waals surface area contributed by atoms with E-state index in [1.165, 1.54) is 16.8 Å². The van der Waals surface area contributed by atoms with E-state index < -0.39 is 0 Å². The van der Waals surface area contributed by atoms with Crippen molar-refractivity contribution < 1.29 is 9.63 Å². The molecule has 4 nitrogen and oxygen atoms in total. The summed E-state index contributed by atoms with van der Waals surface area (Å²) in [5, 5.41) is 0. The van der Waals surface area contributed by atoms with E-state index in [1.54, 1.807) is 0 Å². The first-order chi connectivity index (χ1) is 9.10. The summed E-state index contributed by atoms with van der Waals surface area (Å²) in [7, 11) is 0. The molecule has 0 aromatic heterocycles. The Balaban J connectivity index is 2.74. The second kappa shape index (κ2) is 7.79. The topological polar surface area (TPSA) is 55.6 Å². The van der Waals surface area contributed by atoms with Gasteiger partial charge in [0, 0.05) is 25.2 Å². The Labute approximate surface area is 115 Å². The minimum atomic E-state index is -0.349. The van der Waals surface area contributed by atoms with Gasteiger partial charge in [0.2, 0.25) is 0 Å². The predicted octanol–water partition coefficient (Wildman–Crippen LogP) is 2.72. The van der Waals surface area contributed by atoms with Gasteiger partial charge in [-0.05, 0) is 37.8 Å². The van der Waals surface area contributed by atoms with Crippen molar-refractivity contribution >= 4 is 11.7 Å². The Hall–Kier alpha value is -1.55. The highest BCUT2D eigenvalue weighted by molar-refractivity contribution is 5.69. The maximum absolute atomic E-state index is 11.1. The SMILES string of the molecule is CCCN(CCCC(=O)ON)c1c(C)cccc1C. The highest BCUT2D eigenvalue weighted by atomic mass is 16.7. The van der Waals surface area contributed by atoms with Crippen LogP contribution >= 0.6 is 0 Å². The van der Waals surface area contributed by atoms with E-state index in [0.29, 0.717) is 6.42 Å². The molecule has 1 aromatic carbocycles. The van der Waals surface area contributed by atoms with E-state index in [2.05, 4.69) is 48.7 Å². The molecule has 0 aliphatic heterocycles. The summed E-state index contributed by atoms with van der Waals surface area (Å²) < 4.78 is 0. The smallest absolute Gasteiger partial charge is 0.324 e. The van der Waals surface area contributed by atoms with Crippen LogP contribution < -0.4 is 10.8 Å². The van der Waals surface area contributed by atoms with Crippen molar-refractivity contribution in [3.63, 3.8) is 0 Å². The van der Waals surface area contributed by atoms with Gasteiger partial charge in [-0.1, -0.05) is 25.1 Å². The van der Waals surface area contributed by atoms with Gasteiger partial charge in [-0.3, -0.25) is 4.79 Å². The third-order valence-electron chi connectivity index (χ3n) is 3.19. The first-order valence-electron chi connectivity index (χ1n) is 6.80. The van der Waals surface area contributed by atoms with Crippen LogP contribution in [-0.2, 0) is 9.63 Å². The molecule has 0 spiro atoms. The van der Waals surface area contributed by atoms with Gasteiger partial charge < -0.3 is 9.74 Å². The first kappa shape index (κ1) is 15.5. The van der Waals surface area contributed by atoms with Gasteiger partial charge in [0.25, 0.3) is 0 Å². The number of nitrogens with zero attached hydrogens (tertiary/aromatic N) is 1. The number of carbonyl (C=O) groups excluding carboxylic acids is 1. The van der Waals surface area contributed by atoms with Crippen LogP contribution in [0.25, 0.3) is 0 Å². The zero-order valence-electron chi connectivity index (χ0n) is 12.1. The molecule has 0 radical (unpaired) electrons. The molecule has 1 aromatic rings. The van der Waals surface area contributed by atoms with Gasteiger partial charge in [-0.25, -0.2) is 0 Å². The van der Waals surface area contributed by atoms with Crippen LogP contribution in [0, 0.1) is 13.8 Å². The summed E-state index contributed by atoms with van der Waals surface area (Å²) in [4.78, 5) is 17.6. The zero-order valence-corrected chi connectivity index (χ0v) is 12.1. The lowest BCUT2D eigenvalue weighted by atomic mass is 10.1. The third-order valence-corrected chi connectivity index (χ3v) is 3.19. The lowest BCUT2D eigenvalue weighted by Gasteiger charge is -2.27. The monoisotopic (exact) mass is 264 g/mol. The summed E-state index contributed by atoms with van der Waals surface area (Å²) in [6, 6.07) is 6.32. The van der Waals surface area contributed by atoms with Crippen molar-refractivity contribution in [2.24, 2.45) is 5.90 Å². The highest BCUT2D eigenvalue weighted by Gasteiger charge is 2.11. The molecule has 2 N–H and O–H groups in total. The van der Waals surface area contributed by atoms with Crippen molar-refractivity contribution in [2.45, 2.75) is 40.0 Å². The van der Waals surface area contributed by atoms with Gasteiger partial charge in [0.05, 0.1) is 0 Å². The fourth-order valence-corrected chi connectivity index (χ4v) is 2.38. The van der Waals surface area contributed by atoms with E-state index in [0.717, 1.165) is 25.9 Å². The third kappa shape index (κ3) is 4.56. The molecule has 0 heterocycles. The molecule has 0 saturated carbocycles. The maximum Gasteiger partial charge on any atom is 0.324 e. The molecule has 0 fully saturated rings. The molecule has 19 heavy (non-hydrogen) atoms. The second-order valence-corrected chi connectivity index (χ2v) is 4.82. The predicted molar refractivity (Wildman–Crippen MR) is 77.9 cm³/mol. The van der Waals surface area contributed by atoms with Crippen LogP contribution in [0.4, 0.5) is 5.69 Å². The van der Waals surface area contributed by atoms with E-state index in [9.17, 15) is 4.79 Å². The minimum Gasteiger partial charge on any atom is -0.373 e. The van der Waals surface area contributed by atoms with Gasteiger partial charge in [0.15, 0.2) is 0 Å². The summed E-state index contributed by atoms with van der Waals surface area (Å²) in [6.07, 6.45) is 2.20. The molecule has 0 atom stereocenters. The van der Waals surface area contributed by atoms with Crippen LogP contribution in [0.2, 0.25) is 0 Å². The lowest BCUT2D eigenvalue weighted by Crippen LogP contribution is -2.27. The van der Waals surface area contributed by atoms with Crippen LogP contribution in [0.1, 0.15) is 37.3 Å². The normalized spacial score (nSPS) is 10.3. The molecule has 0 saturated heterocycles. The van der Waals surface area contributed by atoms with Gasteiger partial charge in [-0.15, -0.1) is 0 Å². The number of benzene rings is 1. The molecule has 0 unspecified atom stereocenters. The summed E-state index contributed by atoms with van der Waals surface area (Å²) in [6.45, 7) is 8.24. The lowest BCUT2D eigenvalue weighted by molar-refractivity contribution is -0.144. The molecule has 4 heteroatoms. The van der Waals surface area contributed by atoms with Crippen LogP contribution in [0.3, 0.4) is 0 Å². The molecule has 0 bridgehead atoms. The summed E-state index contributed by atoms with van der Waals surface area (Å²) in [5.41, 5.74) is 3.83. The molecule has 0 aliphatic carbocycles. The first-order valence-corrected chi connectivity index (χ1v) is 6.80. The Morgan fingerprint density at radius 1 is 1.26 bits per heavy atom. The van der Waals surface area contributed by atoms with Crippen LogP contribution in [0.15, 0.2) is 18.2 Å². The maximum atomic E-state index is 11.1. The van der Waals surface area contributed by atoms with Crippen molar-refractivity contribution in [1.29, 1.82) is 0 Å². The average Bonchev–Trinajstić information content (AvgIpc) is 2.38. The Kier molecular flexibility index (Phi) is 6.36. The number of anilines is 1. The molecule has 1 rings (SSSR count). The summed E-state index contributed by atoms with van der Waals surface area (Å²) in [5.74, 6) is 4.49. The van der Waals surface area contributed by atoms with Crippen molar-refractivity contribution in [3.8, 4) is 0 Å². The molecule has 106 valence electrons. The molecule has 0 aliphatic rings. The van der Waals surface area contributed by atoms with E-state index in [-0.39, 0.29) is 5.97 Å². The fourth-order valence-electron chi connectivity index (χ4n) is 2.38. The van der Waals surface area contributed by atoms with E-state index in [1.807, 2.05) is 0 Å². The number of hydrogen-bond acceptors (Lipinski definition) is 4. The molecule has 0 amide bonds. The van der Waals surface area contributed by atoms with Gasteiger partial charge >= 0.3 is 5.97 Å². The average molecular weight is 264 g/mol. The van der Waals surface area contributed by atoms with Crippen molar-refractivity contribution in [1.82, 2.24) is 0 Å². The number of rotatable bonds is 7. The Bertz CT molecular complexity index is 398. The van der Waals surface area contributed by atoms with Crippen LogP contribution in [0.5, 0.6) is 0 Å². The minimum absolute atomic E-state index is 0.349. The fraction of sp³-hybridized carbons (Fsp3) is 0.533. The molecular weight excluding hydrogens is 240 g/mol. The largest absolute Gasteiger partial charge is 0.373 e. The Morgan fingerprint density at radius 3 is 2.42 bits per heavy atom. The van der Waals surface area contributed by atoms with E-state index >= 15 is 0 Å². The quantitative estimate of drug-likeness (QED) is 0.769. The number of para-hydroxylation sites is 1. The number of nitrogens with two attached hydrogens (primary N) is 1. The highest BCUT2D eigenvalue weighted by Crippen LogP contribution is 2.25. The number of carbonyl (C=O) groups is 1. The van der Waals surface area contributed by atoms with Crippen LogP contribution in [-0.4, -0.2) is 19.1 Å². The molecular formula is C15H24N2O2. The van der Waals surface area contributed by atoms with Gasteiger partial charge in [0.1, 0.15) is 0 Å². The Morgan fingerprint density at radius 2 is 1.89 bits per heavy atom. The summed E-state index contributed by atoms with van der Waals surface area (Å²) >= 11 is 0. The second-order valence-electron chi connectivity index (χ2n) is 4.82. The van der Waals surface area contributed by atoms with Gasteiger partial charge in [-0.2, -0.15) is 5.90 Å². The standard InChI is InChI=1S/C15H24N2O2/c1-4-10-17(11-6-9-14(18)19-16)15-12(2)7-5-8-13(15)3/h5,7-8H,4,6,9-11,16H2,1-3H3. The van der Waals surface area contributed by atoms with Crippen molar-refractivity contribution in [2.75, 3.05) is 18.0 Å². The number of hydrogen-bond donors (Lipinski definition) is 1.